The molecule has 0 atom stereocenters. The van der Waals surface area contributed by atoms with Crippen molar-refractivity contribution in [3.8, 4) is 5.69 Å². The predicted molar refractivity (Wildman–Crippen MR) is 133 cm³/mol. The van der Waals surface area contributed by atoms with Gasteiger partial charge in [-0.25, -0.2) is 13.8 Å². The van der Waals surface area contributed by atoms with Crippen LogP contribution in [0.15, 0.2) is 59.6 Å². The number of aromatic nitrogens is 2. The molecule has 2 aliphatic rings. The summed E-state index contributed by atoms with van der Waals surface area (Å²) in [5.41, 5.74) is 4.16. The molecule has 184 valence electrons. The molecule has 2 saturated heterocycles. The van der Waals surface area contributed by atoms with Crippen molar-refractivity contribution in [2.24, 2.45) is 11.8 Å². The molecule has 0 aliphatic carbocycles. The standard InChI is InChI=1S/C27H24F2N4O2S/c28-22-3-2-21(12-23(22)29)33-10-7-18-11-19(1-4-25(18)33)26(34)32-13-20(14-32)17-5-8-31(9-6-17)27(35)24-15-36-16-30-24/h1-4,7,10-12,15-17,20H,5-6,8-9,13-14H2. The molecule has 6 rings (SSSR count). The van der Waals surface area contributed by atoms with E-state index in [1.807, 2.05) is 28.0 Å². The summed E-state index contributed by atoms with van der Waals surface area (Å²) in [6.07, 6.45) is 3.69. The summed E-state index contributed by atoms with van der Waals surface area (Å²) >= 11 is 1.43. The Morgan fingerprint density at radius 1 is 0.889 bits per heavy atom. The summed E-state index contributed by atoms with van der Waals surface area (Å²) < 4.78 is 28.8. The number of amides is 2. The number of hydrogen-bond acceptors (Lipinski definition) is 4. The molecule has 2 aromatic carbocycles. The normalized spacial score (nSPS) is 16.9. The molecule has 6 nitrogen and oxygen atoms in total. The number of halogens is 2. The molecule has 2 fully saturated rings. The van der Waals surface area contributed by atoms with Crippen LogP contribution in [0.3, 0.4) is 0 Å². The van der Waals surface area contributed by atoms with Crippen LogP contribution in [0.1, 0.15) is 33.7 Å². The van der Waals surface area contributed by atoms with Gasteiger partial charge in [0, 0.05) is 60.5 Å². The number of thiazole rings is 1. The van der Waals surface area contributed by atoms with Crippen molar-refractivity contribution >= 4 is 34.1 Å². The largest absolute Gasteiger partial charge is 0.338 e. The molecule has 36 heavy (non-hydrogen) atoms. The maximum absolute atomic E-state index is 13.7. The monoisotopic (exact) mass is 506 g/mol. The Hall–Kier alpha value is -3.59. The Labute approximate surface area is 210 Å². The molecule has 2 amide bonds. The van der Waals surface area contributed by atoms with Crippen molar-refractivity contribution < 1.29 is 18.4 Å². The summed E-state index contributed by atoms with van der Waals surface area (Å²) in [4.78, 5) is 33.5. The van der Waals surface area contributed by atoms with Crippen molar-refractivity contribution in [2.75, 3.05) is 26.2 Å². The van der Waals surface area contributed by atoms with E-state index in [4.69, 9.17) is 0 Å². The molecule has 4 aromatic rings. The summed E-state index contributed by atoms with van der Waals surface area (Å²) in [6, 6.07) is 11.1. The fraction of sp³-hybridized carbons (Fsp3) is 0.296. The predicted octanol–water partition coefficient (Wildman–Crippen LogP) is 4.99. The van der Waals surface area contributed by atoms with Crippen molar-refractivity contribution in [3.05, 3.63) is 82.4 Å². The fourth-order valence-corrected chi connectivity index (χ4v) is 5.87. The van der Waals surface area contributed by atoms with Crippen molar-refractivity contribution in [1.82, 2.24) is 19.4 Å². The lowest BCUT2D eigenvalue weighted by molar-refractivity contribution is 0.0227. The second-order valence-electron chi connectivity index (χ2n) is 9.53. The van der Waals surface area contributed by atoms with E-state index in [1.165, 1.54) is 17.4 Å². The van der Waals surface area contributed by atoms with E-state index >= 15 is 0 Å². The number of piperidine rings is 1. The first kappa shape index (κ1) is 22.8. The highest BCUT2D eigenvalue weighted by molar-refractivity contribution is 7.07. The van der Waals surface area contributed by atoms with Gasteiger partial charge in [-0.2, -0.15) is 0 Å². The van der Waals surface area contributed by atoms with Gasteiger partial charge in [-0.15, -0.1) is 11.3 Å². The van der Waals surface area contributed by atoms with Gasteiger partial charge in [-0.1, -0.05) is 0 Å². The third-order valence-electron chi connectivity index (χ3n) is 7.46. The first-order valence-electron chi connectivity index (χ1n) is 12.0. The van der Waals surface area contributed by atoms with Gasteiger partial charge in [0.25, 0.3) is 11.8 Å². The summed E-state index contributed by atoms with van der Waals surface area (Å²) in [5.74, 6) is -0.792. The number of rotatable bonds is 4. The lowest BCUT2D eigenvalue weighted by atomic mass is 9.79. The number of nitrogens with zero attached hydrogens (tertiary/aromatic N) is 4. The van der Waals surface area contributed by atoms with E-state index in [-0.39, 0.29) is 11.8 Å². The van der Waals surface area contributed by atoms with Crippen LogP contribution in [-0.4, -0.2) is 57.3 Å². The number of carbonyl (C=O) groups excluding carboxylic acids is 2. The average molecular weight is 507 g/mol. The van der Waals surface area contributed by atoms with Crippen LogP contribution in [0.25, 0.3) is 16.6 Å². The molecule has 0 radical (unpaired) electrons. The Bertz CT molecular complexity index is 1440. The van der Waals surface area contributed by atoms with Crippen LogP contribution in [0, 0.1) is 23.5 Å². The smallest absolute Gasteiger partial charge is 0.273 e. The molecule has 0 N–H and O–H groups in total. The van der Waals surface area contributed by atoms with Gasteiger partial charge in [-0.05, 0) is 61.1 Å². The van der Waals surface area contributed by atoms with Gasteiger partial charge in [0.1, 0.15) is 5.69 Å². The fourth-order valence-electron chi connectivity index (χ4n) is 5.35. The van der Waals surface area contributed by atoms with Crippen LogP contribution in [0.4, 0.5) is 8.78 Å². The number of carbonyl (C=O) groups is 2. The van der Waals surface area contributed by atoms with Crippen LogP contribution in [-0.2, 0) is 0 Å². The van der Waals surface area contributed by atoms with E-state index in [2.05, 4.69) is 4.98 Å². The Morgan fingerprint density at radius 3 is 2.42 bits per heavy atom. The Balaban J connectivity index is 1.07. The summed E-state index contributed by atoms with van der Waals surface area (Å²) in [7, 11) is 0. The van der Waals surface area contributed by atoms with E-state index in [1.54, 1.807) is 27.7 Å². The molecular weight excluding hydrogens is 482 g/mol. The van der Waals surface area contributed by atoms with E-state index < -0.39 is 11.6 Å². The Morgan fingerprint density at radius 2 is 1.69 bits per heavy atom. The maximum atomic E-state index is 13.7. The quantitative estimate of drug-likeness (QED) is 0.392. The summed E-state index contributed by atoms with van der Waals surface area (Å²) in [5, 5.41) is 2.65. The lowest BCUT2D eigenvalue weighted by Crippen LogP contribution is -2.54. The van der Waals surface area contributed by atoms with E-state index in [0.29, 0.717) is 28.8 Å². The van der Waals surface area contributed by atoms with Crippen LogP contribution < -0.4 is 0 Å². The van der Waals surface area contributed by atoms with Crippen LogP contribution in [0.2, 0.25) is 0 Å². The highest BCUT2D eigenvalue weighted by Crippen LogP contribution is 2.33. The third-order valence-corrected chi connectivity index (χ3v) is 8.05. The van der Waals surface area contributed by atoms with Crippen molar-refractivity contribution in [2.45, 2.75) is 12.8 Å². The van der Waals surface area contributed by atoms with Gasteiger partial charge in [0.15, 0.2) is 11.6 Å². The first-order chi connectivity index (χ1) is 17.5. The molecule has 2 aromatic heterocycles. The number of likely N-dealkylation sites (tertiary alicyclic amines) is 2. The Kier molecular flexibility index (Phi) is 5.79. The number of benzene rings is 2. The summed E-state index contributed by atoms with van der Waals surface area (Å²) in [6.45, 7) is 2.93. The number of fused-ring (bicyclic) bond motifs is 1. The topological polar surface area (TPSA) is 58.4 Å². The minimum absolute atomic E-state index is 0.00451. The highest BCUT2D eigenvalue weighted by atomic mass is 32.1. The molecular formula is C27H24F2N4O2S. The second kappa shape index (κ2) is 9.13. The van der Waals surface area contributed by atoms with Crippen LogP contribution >= 0.6 is 11.3 Å². The van der Waals surface area contributed by atoms with E-state index in [9.17, 15) is 18.4 Å². The molecule has 9 heteroatoms. The molecule has 0 unspecified atom stereocenters. The first-order valence-corrected chi connectivity index (χ1v) is 13.0. The zero-order valence-electron chi connectivity index (χ0n) is 19.4. The van der Waals surface area contributed by atoms with Crippen LogP contribution in [0.5, 0.6) is 0 Å². The van der Waals surface area contributed by atoms with Crippen molar-refractivity contribution in [3.63, 3.8) is 0 Å². The van der Waals surface area contributed by atoms with Gasteiger partial charge in [0.2, 0.25) is 0 Å². The maximum Gasteiger partial charge on any atom is 0.273 e. The zero-order valence-corrected chi connectivity index (χ0v) is 20.3. The minimum Gasteiger partial charge on any atom is -0.338 e. The number of hydrogen-bond donors (Lipinski definition) is 0. The van der Waals surface area contributed by atoms with Gasteiger partial charge >= 0.3 is 0 Å². The zero-order chi connectivity index (χ0) is 24.8. The SMILES string of the molecule is O=C(c1ccc2c(ccn2-c2ccc(F)c(F)c2)c1)N1CC(C2CCN(C(=O)c3cscn3)CC2)C1. The average Bonchev–Trinajstić information content (AvgIpc) is 3.55. The second-order valence-corrected chi connectivity index (χ2v) is 10.2. The van der Waals surface area contributed by atoms with Gasteiger partial charge in [0.05, 0.1) is 11.0 Å². The molecule has 0 saturated carbocycles. The molecule has 4 heterocycles. The molecule has 2 aliphatic heterocycles. The molecule has 0 spiro atoms. The lowest BCUT2D eigenvalue weighted by Gasteiger charge is -2.46. The van der Waals surface area contributed by atoms with Gasteiger partial charge in [-0.3, -0.25) is 9.59 Å². The third kappa shape index (κ3) is 4.07. The molecule has 0 bridgehead atoms. The minimum atomic E-state index is -0.898. The van der Waals surface area contributed by atoms with Gasteiger partial charge < -0.3 is 14.4 Å². The highest BCUT2D eigenvalue weighted by Gasteiger charge is 2.38. The van der Waals surface area contributed by atoms with Crippen molar-refractivity contribution in [1.29, 1.82) is 0 Å². The van der Waals surface area contributed by atoms with E-state index in [0.717, 1.165) is 62.1 Å².